The third kappa shape index (κ3) is 5.86. The Labute approximate surface area is 195 Å². The van der Waals surface area contributed by atoms with Crippen LogP contribution in [0.3, 0.4) is 0 Å². The number of carbonyl (C=O) groups excluding carboxylic acids is 1. The summed E-state index contributed by atoms with van der Waals surface area (Å²) < 4.78 is 26.7. The molecule has 4 rings (SSSR count). The number of carbonyl (C=O) groups is 1. The largest absolute Gasteiger partial charge is 0.297 e. The van der Waals surface area contributed by atoms with Gasteiger partial charge >= 0.3 is 0 Å². The van der Waals surface area contributed by atoms with Crippen molar-refractivity contribution in [2.75, 3.05) is 19.3 Å². The topological polar surface area (TPSA) is 70.6 Å². The molecule has 0 radical (unpaired) electrons. The average Bonchev–Trinajstić information content (AvgIpc) is 3.26. The van der Waals surface area contributed by atoms with Gasteiger partial charge in [-0.3, -0.25) is 14.7 Å². The summed E-state index contributed by atoms with van der Waals surface area (Å²) in [5.41, 5.74) is 3.11. The minimum Gasteiger partial charge on any atom is -0.297 e. The molecular weight excluding hydrogens is 434 g/mol. The lowest BCUT2D eigenvalue weighted by atomic mass is 9.88. The van der Waals surface area contributed by atoms with Gasteiger partial charge in [0.1, 0.15) is 0 Å². The zero-order chi connectivity index (χ0) is 23.3. The van der Waals surface area contributed by atoms with Crippen LogP contribution in [0.25, 0.3) is 0 Å². The summed E-state index contributed by atoms with van der Waals surface area (Å²) in [6, 6.07) is 23.1. The van der Waals surface area contributed by atoms with Gasteiger partial charge in [0.05, 0.1) is 12.3 Å². The fourth-order valence-corrected chi connectivity index (χ4v) is 5.77. The highest BCUT2D eigenvalue weighted by molar-refractivity contribution is 7.88. The highest BCUT2D eigenvalue weighted by atomic mass is 32.2. The van der Waals surface area contributed by atoms with Crippen molar-refractivity contribution in [1.82, 2.24) is 14.2 Å². The van der Waals surface area contributed by atoms with Crippen LogP contribution in [0, 0.1) is 0 Å². The third-order valence-corrected chi connectivity index (χ3v) is 7.34. The Morgan fingerprint density at radius 1 is 1.00 bits per heavy atom. The second-order valence-corrected chi connectivity index (χ2v) is 10.4. The van der Waals surface area contributed by atoms with E-state index in [1.54, 1.807) is 12.4 Å². The molecule has 1 saturated heterocycles. The molecule has 7 heteroatoms. The van der Waals surface area contributed by atoms with Gasteiger partial charge in [-0.05, 0) is 35.2 Å². The molecule has 1 amide bonds. The molecule has 2 heterocycles. The monoisotopic (exact) mass is 463 g/mol. The molecular formula is C26H29N3O3S. The third-order valence-electron chi connectivity index (χ3n) is 6.12. The first-order valence-electron chi connectivity index (χ1n) is 11.1. The Kier molecular flexibility index (Phi) is 7.20. The fourth-order valence-electron chi connectivity index (χ4n) is 4.62. The first-order valence-corrected chi connectivity index (χ1v) is 13.0. The van der Waals surface area contributed by atoms with Gasteiger partial charge in [-0.2, -0.15) is 0 Å². The number of rotatable bonds is 8. The lowest BCUT2D eigenvalue weighted by Crippen LogP contribution is -2.45. The second kappa shape index (κ2) is 10.3. The van der Waals surface area contributed by atoms with Gasteiger partial charge < -0.3 is 0 Å². The lowest BCUT2D eigenvalue weighted by molar-refractivity contribution is -0.128. The maximum atomic E-state index is 13.5. The number of aromatic nitrogens is 1. The molecule has 1 aromatic heterocycles. The lowest BCUT2D eigenvalue weighted by Gasteiger charge is -2.29. The van der Waals surface area contributed by atoms with Gasteiger partial charge in [0.15, 0.2) is 0 Å². The molecule has 0 aliphatic carbocycles. The molecule has 0 saturated carbocycles. The van der Waals surface area contributed by atoms with Crippen molar-refractivity contribution in [1.29, 1.82) is 0 Å². The molecule has 0 spiro atoms. The zero-order valence-electron chi connectivity index (χ0n) is 18.7. The van der Waals surface area contributed by atoms with Crippen LogP contribution >= 0.6 is 0 Å². The number of sulfonamides is 1. The zero-order valence-corrected chi connectivity index (χ0v) is 19.6. The van der Waals surface area contributed by atoms with Gasteiger partial charge in [-0.1, -0.05) is 60.7 Å². The molecule has 0 N–H and O–H groups in total. The summed E-state index contributed by atoms with van der Waals surface area (Å²) in [6.07, 6.45) is 5.37. The van der Waals surface area contributed by atoms with E-state index < -0.39 is 10.0 Å². The summed E-state index contributed by atoms with van der Waals surface area (Å²) in [6.45, 7) is 1.98. The van der Waals surface area contributed by atoms with E-state index >= 15 is 0 Å². The minimum atomic E-state index is -3.71. The summed E-state index contributed by atoms with van der Waals surface area (Å²) in [5.74, 6) is -0.565. The molecule has 1 fully saturated rings. The van der Waals surface area contributed by atoms with E-state index in [4.69, 9.17) is 0 Å². The van der Waals surface area contributed by atoms with Crippen LogP contribution in [0.5, 0.6) is 0 Å². The van der Waals surface area contributed by atoms with Crippen molar-refractivity contribution >= 4 is 15.9 Å². The van der Waals surface area contributed by atoms with Crippen molar-refractivity contribution in [3.63, 3.8) is 0 Å². The highest BCUT2D eigenvalue weighted by Crippen LogP contribution is 2.30. The molecule has 1 aliphatic rings. The van der Waals surface area contributed by atoms with Gasteiger partial charge in [-0.25, -0.2) is 12.7 Å². The molecule has 33 heavy (non-hydrogen) atoms. The van der Waals surface area contributed by atoms with Crippen LogP contribution in [0.1, 0.15) is 35.4 Å². The molecule has 3 aromatic rings. The number of hydrogen-bond donors (Lipinski definition) is 0. The quantitative estimate of drug-likeness (QED) is 0.510. The summed E-state index contributed by atoms with van der Waals surface area (Å²) in [7, 11) is -3.71. The molecule has 6 nitrogen and oxygen atoms in total. The Morgan fingerprint density at radius 2 is 1.58 bits per heavy atom. The van der Waals surface area contributed by atoms with Crippen LogP contribution in [0.4, 0.5) is 0 Å². The number of pyridine rings is 1. The van der Waals surface area contributed by atoms with Crippen LogP contribution in [-0.4, -0.2) is 53.9 Å². The number of nitrogens with zero attached hydrogens (tertiary/aromatic N) is 3. The van der Waals surface area contributed by atoms with Crippen molar-refractivity contribution < 1.29 is 13.2 Å². The van der Waals surface area contributed by atoms with E-state index in [2.05, 4.69) is 9.88 Å². The standard InChI is InChI=1S/C26H29N3O3S/c1-33(31,32)29(24-14-17-28(20-24)19-21-12-15-27-16-13-21)26(30)18-25(22-8-4-2-5-9-22)23-10-6-3-7-11-23/h2-13,15-16,24-25H,14,17-20H2,1H3/t24-/m0/s1. The Bertz CT molecular complexity index is 1120. The predicted molar refractivity (Wildman–Crippen MR) is 129 cm³/mol. The highest BCUT2D eigenvalue weighted by Gasteiger charge is 2.37. The summed E-state index contributed by atoms with van der Waals surface area (Å²) >= 11 is 0. The van der Waals surface area contributed by atoms with E-state index in [9.17, 15) is 13.2 Å². The first kappa shape index (κ1) is 23.1. The van der Waals surface area contributed by atoms with E-state index in [0.29, 0.717) is 19.5 Å². The first-order chi connectivity index (χ1) is 15.9. The predicted octanol–water partition coefficient (Wildman–Crippen LogP) is 3.67. The van der Waals surface area contributed by atoms with E-state index in [1.165, 1.54) is 0 Å². The van der Waals surface area contributed by atoms with Gasteiger partial charge in [0, 0.05) is 44.4 Å². The molecule has 1 atom stereocenters. The van der Waals surface area contributed by atoms with Gasteiger partial charge in [-0.15, -0.1) is 0 Å². The molecule has 172 valence electrons. The Morgan fingerprint density at radius 3 is 2.12 bits per heavy atom. The van der Waals surface area contributed by atoms with Crippen LogP contribution in [0.2, 0.25) is 0 Å². The summed E-state index contributed by atoms with van der Waals surface area (Å²) in [5, 5.41) is 0. The molecule has 2 aromatic carbocycles. The van der Waals surface area contributed by atoms with E-state index in [-0.39, 0.29) is 24.3 Å². The Hall–Kier alpha value is -3.03. The molecule has 1 aliphatic heterocycles. The molecule has 0 bridgehead atoms. The van der Waals surface area contributed by atoms with Crippen molar-refractivity contribution in [3.05, 3.63) is 102 Å². The van der Waals surface area contributed by atoms with Crippen LogP contribution < -0.4 is 0 Å². The number of likely N-dealkylation sites (tertiary alicyclic amines) is 1. The van der Waals surface area contributed by atoms with Crippen molar-refractivity contribution in [2.45, 2.75) is 31.3 Å². The van der Waals surface area contributed by atoms with E-state index in [0.717, 1.165) is 33.8 Å². The van der Waals surface area contributed by atoms with Crippen LogP contribution in [-0.2, 0) is 21.4 Å². The number of amides is 1. The van der Waals surface area contributed by atoms with Crippen molar-refractivity contribution in [3.8, 4) is 0 Å². The van der Waals surface area contributed by atoms with E-state index in [1.807, 2.05) is 72.8 Å². The Balaban J connectivity index is 1.54. The normalized spacial score (nSPS) is 16.7. The number of hydrogen-bond acceptors (Lipinski definition) is 5. The SMILES string of the molecule is CS(=O)(=O)N(C(=O)CC(c1ccccc1)c1ccccc1)[C@H]1CCN(Cc2ccncc2)C1. The van der Waals surface area contributed by atoms with Crippen LogP contribution in [0.15, 0.2) is 85.2 Å². The van der Waals surface area contributed by atoms with Crippen molar-refractivity contribution in [2.24, 2.45) is 0 Å². The second-order valence-electron chi connectivity index (χ2n) is 8.56. The number of benzene rings is 2. The smallest absolute Gasteiger partial charge is 0.237 e. The summed E-state index contributed by atoms with van der Waals surface area (Å²) in [4.78, 5) is 19.8. The van der Waals surface area contributed by atoms with Gasteiger partial charge in [0.2, 0.25) is 15.9 Å². The van der Waals surface area contributed by atoms with Gasteiger partial charge in [0.25, 0.3) is 0 Å². The average molecular weight is 464 g/mol. The fraction of sp³-hybridized carbons (Fsp3) is 0.308. The maximum Gasteiger partial charge on any atom is 0.237 e. The molecule has 0 unspecified atom stereocenters. The minimum absolute atomic E-state index is 0.0992. The maximum absolute atomic E-state index is 13.5.